The Balaban J connectivity index is 2.10. The van der Waals surface area contributed by atoms with Crippen LogP contribution >= 0.6 is 0 Å². The summed E-state index contributed by atoms with van der Waals surface area (Å²) in [6.45, 7) is 0. The molecule has 2 rings (SSSR count). The summed E-state index contributed by atoms with van der Waals surface area (Å²) in [5.74, 6) is 0.162. The molecule has 1 unspecified atom stereocenters. The lowest BCUT2D eigenvalue weighted by Gasteiger charge is -2.06. The largest absolute Gasteiger partial charge is 0.397 e. The van der Waals surface area contributed by atoms with Crippen molar-refractivity contribution in [3.05, 3.63) is 59.2 Å². The van der Waals surface area contributed by atoms with E-state index in [1.807, 2.05) is 36.4 Å². The van der Waals surface area contributed by atoms with E-state index in [0.29, 0.717) is 11.4 Å². The summed E-state index contributed by atoms with van der Waals surface area (Å²) in [6.07, 6.45) is 0.757. The third kappa shape index (κ3) is 3.81. The van der Waals surface area contributed by atoms with Crippen LogP contribution in [0.15, 0.2) is 42.5 Å². The highest BCUT2D eigenvalue weighted by Gasteiger charge is 2.01. The molecule has 0 aliphatic rings. The van der Waals surface area contributed by atoms with Crippen molar-refractivity contribution in [2.45, 2.75) is 12.2 Å². The van der Waals surface area contributed by atoms with Gasteiger partial charge in [0.05, 0.1) is 17.1 Å². The first-order valence-corrected chi connectivity index (χ1v) is 7.11. The fourth-order valence-corrected chi connectivity index (χ4v) is 2.34. The Labute approximate surface area is 114 Å². The molecule has 0 fully saturated rings. The third-order valence-corrected chi connectivity index (χ3v) is 3.45. The molecule has 0 aliphatic heterocycles. The molecule has 5 N–H and O–H groups in total. The lowest BCUT2D eigenvalue weighted by atomic mass is 10.0. The van der Waals surface area contributed by atoms with E-state index in [4.69, 9.17) is 16.0 Å². The molecular formula is C14H16N2O2S. The van der Waals surface area contributed by atoms with Crippen molar-refractivity contribution < 1.29 is 8.76 Å². The normalized spacial score (nSPS) is 12.3. The smallest absolute Gasteiger partial charge is 0.157 e. The predicted molar refractivity (Wildman–Crippen MR) is 79.0 cm³/mol. The van der Waals surface area contributed by atoms with E-state index in [9.17, 15) is 4.21 Å². The Morgan fingerprint density at radius 2 is 1.47 bits per heavy atom. The van der Waals surface area contributed by atoms with Crippen LogP contribution in [0.25, 0.3) is 0 Å². The minimum atomic E-state index is -1.80. The Kier molecular flexibility index (Phi) is 4.19. The maximum atomic E-state index is 10.7. The molecule has 0 saturated carbocycles. The molecular weight excluding hydrogens is 260 g/mol. The van der Waals surface area contributed by atoms with E-state index >= 15 is 0 Å². The molecule has 2 aromatic carbocycles. The molecule has 19 heavy (non-hydrogen) atoms. The molecule has 1 atom stereocenters. The maximum absolute atomic E-state index is 10.7. The summed E-state index contributed by atoms with van der Waals surface area (Å²) < 4.78 is 19.5. The minimum Gasteiger partial charge on any atom is -0.397 e. The summed E-state index contributed by atoms with van der Waals surface area (Å²) in [4.78, 5) is 0. The number of hydrogen-bond acceptors (Lipinski definition) is 3. The molecule has 0 aliphatic carbocycles. The van der Waals surface area contributed by atoms with Crippen molar-refractivity contribution in [2.24, 2.45) is 0 Å². The van der Waals surface area contributed by atoms with E-state index in [0.717, 1.165) is 23.1 Å². The summed E-state index contributed by atoms with van der Waals surface area (Å²) >= 11 is -1.80. The molecule has 0 heterocycles. The highest BCUT2D eigenvalue weighted by Crippen LogP contribution is 2.19. The van der Waals surface area contributed by atoms with Crippen LogP contribution in [0, 0.1) is 0 Å². The second-order valence-electron chi connectivity index (χ2n) is 4.42. The molecule has 0 radical (unpaired) electrons. The summed E-state index contributed by atoms with van der Waals surface area (Å²) in [7, 11) is 0. The first-order valence-electron chi connectivity index (χ1n) is 5.84. The topological polar surface area (TPSA) is 89.3 Å². The number of rotatable bonds is 4. The number of benzene rings is 2. The van der Waals surface area contributed by atoms with Gasteiger partial charge in [0.2, 0.25) is 0 Å². The van der Waals surface area contributed by atoms with Gasteiger partial charge in [0.15, 0.2) is 11.1 Å². The second-order valence-corrected chi connectivity index (χ2v) is 5.35. The van der Waals surface area contributed by atoms with Crippen molar-refractivity contribution in [1.29, 1.82) is 0 Å². The van der Waals surface area contributed by atoms with E-state index < -0.39 is 11.1 Å². The minimum absolute atomic E-state index is 0.162. The predicted octanol–water partition coefficient (Wildman–Crippen LogP) is 2.16. The maximum Gasteiger partial charge on any atom is 0.157 e. The van der Waals surface area contributed by atoms with Gasteiger partial charge in [-0.15, -0.1) is 0 Å². The van der Waals surface area contributed by atoms with Crippen molar-refractivity contribution in [3.8, 4) is 0 Å². The van der Waals surface area contributed by atoms with Gasteiger partial charge in [-0.1, -0.05) is 30.3 Å². The molecule has 0 saturated heterocycles. The van der Waals surface area contributed by atoms with Crippen molar-refractivity contribution in [1.82, 2.24) is 0 Å². The zero-order valence-electron chi connectivity index (χ0n) is 10.4. The highest BCUT2D eigenvalue weighted by atomic mass is 32.2. The summed E-state index contributed by atoms with van der Waals surface area (Å²) in [6, 6.07) is 13.3. The molecule has 0 spiro atoms. The second kappa shape index (κ2) is 5.86. The number of hydrogen-bond donors (Lipinski definition) is 3. The van der Waals surface area contributed by atoms with Crippen molar-refractivity contribution in [2.75, 3.05) is 11.5 Å². The number of nitrogens with two attached hydrogens (primary N) is 2. The lowest BCUT2D eigenvalue weighted by molar-refractivity contribution is 0.563. The van der Waals surface area contributed by atoms with Crippen LogP contribution in [-0.4, -0.2) is 8.76 Å². The van der Waals surface area contributed by atoms with Gasteiger partial charge >= 0.3 is 0 Å². The van der Waals surface area contributed by atoms with Gasteiger partial charge in [-0.3, -0.25) is 0 Å². The average molecular weight is 276 g/mol. The first kappa shape index (κ1) is 13.6. The van der Waals surface area contributed by atoms with Crippen LogP contribution in [0.3, 0.4) is 0 Å². The average Bonchev–Trinajstić information content (AvgIpc) is 2.36. The summed E-state index contributed by atoms with van der Waals surface area (Å²) in [5, 5.41) is 0. The van der Waals surface area contributed by atoms with E-state index in [-0.39, 0.29) is 5.75 Å². The zero-order valence-corrected chi connectivity index (χ0v) is 11.2. The van der Waals surface area contributed by atoms with Gasteiger partial charge in [-0.2, -0.15) is 0 Å². The highest BCUT2D eigenvalue weighted by molar-refractivity contribution is 7.78. The Morgan fingerprint density at radius 1 is 0.895 bits per heavy atom. The molecule has 100 valence electrons. The molecule has 0 bridgehead atoms. The van der Waals surface area contributed by atoms with Gasteiger partial charge < -0.3 is 16.0 Å². The van der Waals surface area contributed by atoms with Crippen molar-refractivity contribution in [3.63, 3.8) is 0 Å². The van der Waals surface area contributed by atoms with Gasteiger partial charge in [0.25, 0.3) is 0 Å². The van der Waals surface area contributed by atoms with Crippen LogP contribution in [0.4, 0.5) is 11.4 Å². The number of nitrogen functional groups attached to an aromatic ring is 2. The lowest BCUT2D eigenvalue weighted by Crippen LogP contribution is -1.97. The summed E-state index contributed by atoms with van der Waals surface area (Å²) in [5.41, 5.74) is 15.7. The SMILES string of the molecule is Nc1ccc(Cc2ccc(CS(=O)O)cc2)cc1N. The number of anilines is 2. The van der Waals surface area contributed by atoms with Crippen LogP contribution < -0.4 is 11.5 Å². The Morgan fingerprint density at radius 3 is 2.05 bits per heavy atom. The molecule has 2 aromatic rings. The standard InChI is InChI=1S/C14H16N2O2S/c15-13-6-5-12(8-14(13)16)7-10-1-3-11(4-2-10)9-19(17)18/h1-6,8H,7,9,15-16H2,(H,17,18). The van der Waals surface area contributed by atoms with Gasteiger partial charge in [0, 0.05) is 0 Å². The van der Waals surface area contributed by atoms with Crippen LogP contribution in [0.1, 0.15) is 16.7 Å². The van der Waals surface area contributed by atoms with Crippen LogP contribution in [-0.2, 0) is 23.3 Å². The fraction of sp³-hybridized carbons (Fsp3) is 0.143. The Hall–Kier alpha value is -1.85. The molecule has 0 amide bonds. The van der Waals surface area contributed by atoms with Gasteiger partial charge in [-0.05, 0) is 35.2 Å². The van der Waals surface area contributed by atoms with Crippen LogP contribution in [0.5, 0.6) is 0 Å². The van der Waals surface area contributed by atoms with E-state index in [2.05, 4.69) is 0 Å². The molecule has 0 aromatic heterocycles. The van der Waals surface area contributed by atoms with E-state index in [1.165, 1.54) is 0 Å². The van der Waals surface area contributed by atoms with E-state index in [1.54, 1.807) is 6.07 Å². The Bertz CT molecular complexity index is 597. The molecule has 4 nitrogen and oxygen atoms in total. The van der Waals surface area contributed by atoms with Crippen molar-refractivity contribution >= 4 is 22.5 Å². The quantitative estimate of drug-likeness (QED) is 0.589. The third-order valence-electron chi connectivity index (χ3n) is 2.87. The zero-order chi connectivity index (χ0) is 13.8. The monoisotopic (exact) mass is 276 g/mol. The van der Waals surface area contributed by atoms with Gasteiger partial charge in [0.1, 0.15) is 0 Å². The fourth-order valence-electron chi connectivity index (χ4n) is 1.87. The first-order chi connectivity index (χ1) is 9.04. The van der Waals surface area contributed by atoms with Crippen LogP contribution in [0.2, 0.25) is 0 Å². The van der Waals surface area contributed by atoms with Gasteiger partial charge in [-0.25, -0.2) is 4.21 Å². The molecule has 5 heteroatoms.